The molecule has 1 amide bonds. The van der Waals surface area contributed by atoms with Crippen LogP contribution < -0.4 is 10.6 Å². The van der Waals surface area contributed by atoms with E-state index in [-0.39, 0.29) is 12.5 Å². The molecule has 0 radical (unpaired) electrons. The first-order valence-electron chi connectivity index (χ1n) is 6.08. The zero-order valence-electron chi connectivity index (χ0n) is 10.9. The molecule has 0 atom stereocenters. The van der Waals surface area contributed by atoms with Gasteiger partial charge in [-0.3, -0.25) is 4.79 Å². The number of aryl methyl sites for hydroxylation is 1. The first kappa shape index (κ1) is 13.1. The molecule has 6 heteroatoms. The van der Waals surface area contributed by atoms with E-state index in [1.807, 2.05) is 6.92 Å². The van der Waals surface area contributed by atoms with E-state index in [1.165, 1.54) is 0 Å². The third kappa shape index (κ3) is 3.31. The molecule has 0 aromatic carbocycles. The van der Waals surface area contributed by atoms with Crippen LogP contribution in [0.3, 0.4) is 0 Å². The summed E-state index contributed by atoms with van der Waals surface area (Å²) in [6.07, 6.45) is 4.05. The molecule has 2 aromatic rings. The summed E-state index contributed by atoms with van der Waals surface area (Å²) in [5.74, 6) is 1.78. The highest BCUT2D eigenvalue weighted by molar-refractivity contribution is 5.94. The fourth-order valence-electron chi connectivity index (χ4n) is 1.56. The summed E-state index contributed by atoms with van der Waals surface area (Å²) in [5.41, 5.74) is 0.543. The molecule has 100 valence electrons. The van der Waals surface area contributed by atoms with Gasteiger partial charge in [0.05, 0.1) is 12.7 Å². The zero-order chi connectivity index (χ0) is 13.7. The molecule has 0 unspecified atom stereocenters. The van der Waals surface area contributed by atoms with Gasteiger partial charge in [0.2, 0.25) is 5.89 Å². The van der Waals surface area contributed by atoms with Gasteiger partial charge in [0.1, 0.15) is 11.6 Å². The first-order valence-corrected chi connectivity index (χ1v) is 6.08. The average Bonchev–Trinajstić information content (AvgIpc) is 2.93. The second kappa shape index (κ2) is 5.99. The Balaban J connectivity index is 1.96. The lowest BCUT2D eigenvalue weighted by molar-refractivity contribution is 0.0947. The highest BCUT2D eigenvalue weighted by Crippen LogP contribution is 2.07. The Kier molecular flexibility index (Phi) is 4.12. The lowest BCUT2D eigenvalue weighted by atomic mass is 10.2. The first-order chi connectivity index (χ1) is 9.22. The van der Waals surface area contributed by atoms with Crippen molar-refractivity contribution in [3.05, 3.63) is 41.7 Å². The number of carbonyl (C=O) groups is 1. The van der Waals surface area contributed by atoms with Crippen LogP contribution in [0.2, 0.25) is 0 Å². The second-order valence-electron chi connectivity index (χ2n) is 3.94. The lowest BCUT2D eigenvalue weighted by Crippen LogP contribution is -2.23. The van der Waals surface area contributed by atoms with Crippen LogP contribution in [0.25, 0.3) is 0 Å². The van der Waals surface area contributed by atoms with Crippen molar-refractivity contribution in [1.82, 2.24) is 15.3 Å². The molecule has 0 saturated heterocycles. The molecule has 0 spiro atoms. The summed E-state index contributed by atoms with van der Waals surface area (Å²) in [6, 6.07) is 3.34. The zero-order valence-corrected chi connectivity index (χ0v) is 10.9. The van der Waals surface area contributed by atoms with Crippen LogP contribution in [0, 0.1) is 0 Å². The summed E-state index contributed by atoms with van der Waals surface area (Å²) in [6.45, 7) is 2.26. The number of hydrogen-bond donors (Lipinski definition) is 2. The number of nitrogens with zero attached hydrogens (tertiary/aromatic N) is 2. The van der Waals surface area contributed by atoms with Gasteiger partial charge in [0.25, 0.3) is 5.91 Å². The number of aromatic nitrogens is 2. The van der Waals surface area contributed by atoms with Gasteiger partial charge in [-0.25, -0.2) is 9.97 Å². The van der Waals surface area contributed by atoms with Gasteiger partial charge in [-0.1, -0.05) is 6.92 Å². The third-order valence-corrected chi connectivity index (χ3v) is 2.63. The highest BCUT2D eigenvalue weighted by Gasteiger charge is 2.08. The largest absolute Gasteiger partial charge is 0.444 e. The van der Waals surface area contributed by atoms with Crippen molar-refractivity contribution in [2.24, 2.45) is 0 Å². The van der Waals surface area contributed by atoms with Crippen molar-refractivity contribution in [2.45, 2.75) is 19.9 Å². The molecule has 0 saturated carbocycles. The molecule has 19 heavy (non-hydrogen) atoms. The smallest absolute Gasteiger partial charge is 0.251 e. The van der Waals surface area contributed by atoms with Crippen molar-refractivity contribution in [3.8, 4) is 0 Å². The minimum Gasteiger partial charge on any atom is -0.444 e. The molecular weight excluding hydrogens is 244 g/mol. The van der Waals surface area contributed by atoms with Crippen molar-refractivity contribution in [2.75, 3.05) is 12.4 Å². The van der Waals surface area contributed by atoms with Gasteiger partial charge in [-0.2, -0.15) is 0 Å². The Hall–Kier alpha value is -2.37. The minimum absolute atomic E-state index is 0.185. The van der Waals surface area contributed by atoms with Gasteiger partial charge in [0, 0.05) is 25.2 Å². The van der Waals surface area contributed by atoms with Crippen molar-refractivity contribution in [3.63, 3.8) is 0 Å². The maximum atomic E-state index is 11.9. The van der Waals surface area contributed by atoms with E-state index >= 15 is 0 Å². The predicted octanol–water partition coefficient (Wildman–Crippen LogP) is 1.60. The molecule has 2 rings (SSSR count). The topological polar surface area (TPSA) is 80.0 Å². The van der Waals surface area contributed by atoms with Crippen LogP contribution in [0.1, 0.15) is 28.9 Å². The number of anilines is 1. The highest BCUT2D eigenvalue weighted by atomic mass is 16.4. The Morgan fingerprint density at radius 1 is 1.42 bits per heavy atom. The Labute approximate surface area is 111 Å². The van der Waals surface area contributed by atoms with E-state index in [0.29, 0.717) is 17.3 Å². The molecule has 2 aromatic heterocycles. The van der Waals surface area contributed by atoms with E-state index in [4.69, 9.17) is 4.42 Å². The second-order valence-corrected chi connectivity index (χ2v) is 3.94. The van der Waals surface area contributed by atoms with E-state index in [9.17, 15) is 4.79 Å². The van der Waals surface area contributed by atoms with E-state index < -0.39 is 0 Å². The maximum absolute atomic E-state index is 11.9. The van der Waals surface area contributed by atoms with E-state index in [2.05, 4.69) is 20.6 Å². The Morgan fingerprint density at radius 2 is 2.26 bits per heavy atom. The van der Waals surface area contributed by atoms with Gasteiger partial charge in [-0.05, 0) is 12.1 Å². The van der Waals surface area contributed by atoms with E-state index in [1.54, 1.807) is 31.6 Å². The molecule has 6 nitrogen and oxygen atoms in total. The monoisotopic (exact) mass is 260 g/mol. The van der Waals surface area contributed by atoms with Crippen molar-refractivity contribution < 1.29 is 9.21 Å². The quantitative estimate of drug-likeness (QED) is 0.853. The fraction of sp³-hybridized carbons (Fsp3) is 0.308. The summed E-state index contributed by atoms with van der Waals surface area (Å²) >= 11 is 0. The number of hydrogen-bond acceptors (Lipinski definition) is 5. The summed E-state index contributed by atoms with van der Waals surface area (Å²) in [7, 11) is 1.75. The normalized spacial score (nSPS) is 10.2. The lowest BCUT2D eigenvalue weighted by Gasteiger charge is -2.04. The van der Waals surface area contributed by atoms with Gasteiger partial charge in [-0.15, -0.1) is 0 Å². The number of pyridine rings is 1. The average molecular weight is 260 g/mol. The van der Waals surface area contributed by atoms with Gasteiger partial charge >= 0.3 is 0 Å². The Bertz CT molecular complexity index is 565. The number of carbonyl (C=O) groups excluding carboxylic acids is 1. The van der Waals surface area contributed by atoms with Crippen molar-refractivity contribution >= 4 is 11.7 Å². The molecule has 0 aliphatic carbocycles. The maximum Gasteiger partial charge on any atom is 0.251 e. The molecule has 0 aliphatic rings. The van der Waals surface area contributed by atoms with Crippen molar-refractivity contribution in [1.29, 1.82) is 0 Å². The summed E-state index contributed by atoms with van der Waals surface area (Å²) in [4.78, 5) is 20.1. The van der Waals surface area contributed by atoms with Crippen LogP contribution in [-0.4, -0.2) is 22.9 Å². The summed E-state index contributed by atoms with van der Waals surface area (Å²) in [5, 5.41) is 5.64. The predicted molar refractivity (Wildman–Crippen MR) is 70.8 cm³/mol. The molecule has 2 heterocycles. The molecular formula is C13H16N4O2. The number of rotatable bonds is 5. The molecule has 2 N–H and O–H groups in total. The fourth-order valence-corrected chi connectivity index (χ4v) is 1.56. The van der Waals surface area contributed by atoms with Gasteiger partial charge in [0.15, 0.2) is 0 Å². The van der Waals surface area contributed by atoms with Crippen LogP contribution >= 0.6 is 0 Å². The minimum atomic E-state index is -0.185. The molecule has 0 fully saturated rings. The number of oxazole rings is 1. The van der Waals surface area contributed by atoms with Crippen LogP contribution in [0.5, 0.6) is 0 Å². The van der Waals surface area contributed by atoms with Gasteiger partial charge < -0.3 is 15.1 Å². The number of amides is 1. The van der Waals surface area contributed by atoms with E-state index in [0.717, 1.165) is 12.2 Å². The van der Waals surface area contributed by atoms with Crippen LogP contribution in [0.4, 0.5) is 5.82 Å². The Morgan fingerprint density at radius 3 is 2.95 bits per heavy atom. The third-order valence-electron chi connectivity index (χ3n) is 2.63. The number of nitrogens with one attached hydrogen (secondary N) is 2. The molecule has 0 bridgehead atoms. The van der Waals surface area contributed by atoms with Crippen LogP contribution in [0.15, 0.2) is 28.9 Å². The standard InChI is InChI=1S/C13H16N4O2/c1-3-10-7-16-12(19-10)8-17-13(18)9-4-5-15-11(6-9)14-2/h4-7H,3,8H2,1-2H3,(H,14,15)(H,17,18). The molecule has 0 aliphatic heterocycles. The summed E-state index contributed by atoms with van der Waals surface area (Å²) < 4.78 is 5.41. The van der Waals surface area contributed by atoms with Crippen LogP contribution in [-0.2, 0) is 13.0 Å². The SMILES string of the molecule is CCc1cnc(CNC(=O)c2ccnc(NC)c2)o1.